The summed E-state index contributed by atoms with van der Waals surface area (Å²) in [5, 5.41) is 0. The Labute approximate surface area is 79.8 Å². The van der Waals surface area contributed by atoms with E-state index in [1.807, 2.05) is 0 Å². The van der Waals surface area contributed by atoms with Crippen LogP contribution in [0.15, 0.2) is 36.9 Å². The molecule has 1 rings (SSSR count). The van der Waals surface area contributed by atoms with Gasteiger partial charge in [0.2, 0.25) is 0 Å². The van der Waals surface area contributed by atoms with E-state index in [0.717, 1.165) is 6.08 Å². The van der Waals surface area contributed by atoms with Crippen molar-refractivity contribution >= 4 is 5.78 Å². The second-order valence-electron chi connectivity index (χ2n) is 2.44. The molecule has 4 heteroatoms. The summed E-state index contributed by atoms with van der Waals surface area (Å²) in [6.07, 6.45) is 1.05. The minimum absolute atomic E-state index is 0.0859. The van der Waals surface area contributed by atoms with Crippen molar-refractivity contribution < 1.29 is 18.3 Å². The Morgan fingerprint density at radius 3 is 2.64 bits per heavy atom. The van der Waals surface area contributed by atoms with E-state index in [1.54, 1.807) is 6.07 Å². The Balaban J connectivity index is 3.02. The van der Waals surface area contributed by atoms with Gasteiger partial charge in [0, 0.05) is 0 Å². The van der Waals surface area contributed by atoms with E-state index in [2.05, 4.69) is 11.3 Å². The fourth-order valence-electron chi connectivity index (χ4n) is 0.979. The second kappa shape index (κ2) is 4.50. The van der Waals surface area contributed by atoms with Crippen LogP contribution in [0.4, 0.5) is 8.78 Å². The zero-order valence-corrected chi connectivity index (χ0v) is 7.24. The molecule has 2 nitrogen and oxygen atoms in total. The maximum absolute atomic E-state index is 11.9. The summed E-state index contributed by atoms with van der Waals surface area (Å²) in [7, 11) is 0. The van der Waals surface area contributed by atoms with Crippen molar-refractivity contribution in [1.82, 2.24) is 0 Å². The zero-order chi connectivity index (χ0) is 10.6. The van der Waals surface area contributed by atoms with E-state index >= 15 is 0 Å². The molecule has 0 radical (unpaired) electrons. The number of para-hydroxylation sites is 1. The van der Waals surface area contributed by atoms with Crippen molar-refractivity contribution in [1.29, 1.82) is 0 Å². The molecule has 0 bridgehead atoms. The number of carbonyl (C=O) groups excluding carboxylic acids is 1. The quantitative estimate of drug-likeness (QED) is 0.549. The third-order valence-corrected chi connectivity index (χ3v) is 1.55. The molecule has 0 fully saturated rings. The highest BCUT2D eigenvalue weighted by Gasteiger charge is 2.12. The number of allylic oxidation sites excluding steroid dienone is 1. The number of halogens is 2. The van der Waals surface area contributed by atoms with Crippen LogP contribution in [0.5, 0.6) is 5.75 Å². The number of ether oxygens (including phenoxy) is 1. The molecule has 0 unspecified atom stereocenters. The normalized spacial score (nSPS) is 9.93. The van der Waals surface area contributed by atoms with Gasteiger partial charge in [0.15, 0.2) is 5.78 Å². The molecule has 0 amide bonds. The molecule has 74 valence electrons. The highest BCUT2D eigenvalue weighted by Crippen LogP contribution is 2.20. The number of benzene rings is 1. The maximum atomic E-state index is 11.9. The average Bonchev–Trinajstić information content (AvgIpc) is 2.16. The molecule has 0 atom stereocenters. The Bertz CT molecular complexity index is 348. The zero-order valence-electron chi connectivity index (χ0n) is 7.24. The van der Waals surface area contributed by atoms with Crippen LogP contribution in [0.2, 0.25) is 0 Å². The summed E-state index contributed by atoms with van der Waals surface area (Å²) in [6.45, 7) is 0.328. The van der Waals surface area contributed by atoms with Crippen molar-refractivity contribution in [2.24, 2.45) is 0 Å². The molecule has 0 aliphatic rings. The van der Waals surface area contributed by atoms with Gasteiger partial charge in [0.1, 0.15) is 5.75 Å². The Kier molecular flexibility index (Phi) is 3.34. The lowest BCUT2D eigenvalue weighted by molar-refractivity contribution is -0.0501. The number of carbonyl (C=O) groups is 1. The van der Waals surface area contributed by atoms with Gasteiger partial charge in [0.25, 0.3) is 0 Å². The van der Waals surface area contributed by atoms with Crippen molar-refractivity contribution in [2.45, 2.75) is 6.61 Å². The first-order valence-corrected chi connectivity index (χ1v) is 3.85. The van der Waals surface area contributed by atoms with Crippen LogP contribution in [-0.2, 0) is 0 Å². The van der Waals surface area contributed by atoms with E-state index in [9.17, 15) is 13.6 Å². The van der Waals surface area contributed by atoms with Gasteiger partial charge in [-0.25, -0.2) is 0 Å². The Morgan fingerprint density at radius 1 is 1.43 bits per heavy atom. The van der Waals surface area contributed by atoms with Crippen molar-refractivity contribution in [3.05, 3.63) is 42.5 Å². The highest BCUT2D eigenvalue weighted by molar-refractivity contribution is 6.06. The molecule has 0 saturated heterocycles. The van der Waals surface area contributed by atoms with Gasteiger partial charge in [-0.2, -0.15) is 8.78 Å². The molecular weight excluding hydrogens is 190 g/mol. The lowest BCUT2D eigenvalue weighted by atomic mass is 10.1. The van der Waals surface area contributed by atoms with Crippen molar-refractivity contribution in [3.63, 3.8) is 0 Å². The van der Waals surface area contributed by atoms with E-state index < -0.39 is 12.4 Å². The van der Waals surface area contributed by atoms with Gasteiger partial charge in [-0.05, 0) is 18.2 Å². The van der Waals surface area contributed by atoms with Crippen LogP contribution < -0.4 is 4.74 Å². The molecule has 0 aromatic heterocycles. The summed E-state index contributed by atoms with van der Waals surface area (Å²) >= 11 is 0. The SMILES string of the molecule is C=CC(=O)c1ccccc1OC(F)F. The van der Waals surface area contributed by atoms with Crippen molar-refractivity contribution in [2.75, 3.05) is 0 Å². The van der Waals surface area contributed by atoms with Crippen LogP contribution in [0.3, 0.4) is 0 Å². The topological polar surface area (TPSA) is 26.3 Å². The largest absolute Gasteiger partial charge is 0.434 e. The van der Waals surface area contributed by atoms with Gasteiger partial charge in [0.05, 0.1) is 5.56 Å². The van der Waals surface area contributed by atoms with Gasteiger partial charge >= 0.3 is 6.61 Å². The minimum Gasteiger partial charge on any atom is -0.434 e. The number of alkyl halides is 2. The maximum Gasteiger partial charge on any atom is 0.387 e. The first kappa shape index (κ1) is 10.4. The molecule has 0 aliphatic carbocycles. The number of ketones is 1. The smallest absolute Gasteiger partial charge is 0.387 e. The first-order valence-electron chi connectivity index (χ1n) is 3.85. The third kappa shape index (κ3) is 2.39. The first-order chi connectivity index (χ1) is 6.65. The minimum atomic E-state index is -2.94. The fraction of sp³-hybridized carbons (Fsp3) is 0.100. The van der Waals surface area contributed by atoms with E-state index in [4.69, 9.17) is 0 Å². The summed E-state index contributed by atoms with van der Waals surface area (Å²) in [5.74, 6) is -0.575. The molecule has 1 aromatic carbocycles. The lowest BCUT2D eigenvalue weighted by Crippen LogP contribution is -2.06. The fourth-order valence-corrected chi connectivity index (χ4v) is 0.979. The summed E-state index contributed by atoms with van der Waals surface area (Å²) in [4.78, 5) is 11.2. The van der Waals surface area contributed by atoms with Crippen LogP contribution in [0.1, 0.15) is 10.4 Å². The molecular formula is C10H8F2O2. The molecule has 14 heavy (non-hydrogen) atoms. The third-order valence-electron chi connectivity index (χ3n) is 1.55. The molecule has 1 aromatic rings. The van der Waals surface area contributed by atoms with Gasteiger partial charge in [-0.3, -0.25) is 4.79 Å². The molecule has 0 spiro atoms. The standard InChI is InChI=1S/C10H8F2O2/c1-2-8(13)7-5-3-4-6-9(7)14-10(11)12/h2-6,10H,1H2. The van der Waals surface area contributed by atoms with Crippen LogP contribution >= 0.6 is 0 Å². The number of hydrogen-bond acceptors (Lipinski definition) is 2. The molecule has 0 heterocycles. The summed E-state index contributed by atoms with van der Waals surface area (Å²) in [5.41, 5.74) is 0.0859. The van der Waals surface area contributed by atoms with E-state index in [1.165, 1.54) is 18.2 Å². The molecule has 0 saturated carbocycles. The summed E-state index contributed by atoms with van der Waals surface area (Å²) < 4.78 is 28.0. The summed E-state index contributed by atoms with van der Waals surface area (Å²) in [6, 6.07) is 5.79. The average molecular weight is 198 g/mol. The van der Waals surface area contributed by atoms with Crippen LogP contribution in [-0.4, -0.2) is 12.4 Å². The lowest BCUT2D eigenvalue weighted by Gasteiger charge is -2.07. The van der Waals surface area contributed by atoms with Gasteiger partial charge in [-0.15, -0.1) is 0 Å². The number of hydrogen-bond donors (Lipinski definition) is 0. The Hall–Kier alpha value is -1.71. The van der Waals surface area contributed by atoms with E-state index in [0.29, 0.717) is 0 Å². The highest BCUT2D eigenvalue weighted by atomic mass is 19.3. The van der Waals surface area contributed by atoms with Gasteiger partial charge in [-0.1, -0.05) is 18.7 Å². The van der Waals surface area contributed by atoms with Gasteiger partial charge < -0.3 is 4.74 Å². The monoisotopic (exact) mass is 198 g/mol. The predicted molar refractivity (Wildman–Crippen MR) is 47.6 cm³/mol. The van der Waals surface area contributed by atoms with E-state index in [-0.39, 0.29) is 11.3 Å². The number of rotatable bonds is 4. The van der Waals surface area contributed by atoms with Crippen LogP contribution in [0.25, 0.3) is 0 Å². The predicted octanol–water partition coefficient (Wildman–Crippen LogP) is 2.66. The van der Waals surface area contributed by atoms with Crippen molar-refractivity contribution in [3.8, 4) is 5.75 Å². The molecule has 0 N–H and O–H groups in total. The molecule has 0 aliphatic heterocycles. The second-order valence-corrected chi connectivity index (χ2v) is 2.44. The Morgan fingerprint density at radius 2 is 2.07 bits per heavy atom. The van der Waals surface area contributed by atoms with Crippen LogP contribution in [0, 0.1) is 0 Å².